The highest BCUT2D eigenvalue weighted by Gasteiger charge is 2.08. The lowest BCUT2D eigenvalue weighted by molar-refractivity contribution is -0.143. The number of nitrogens with two attached hydrogens (primary N) is 1. The van der Waals surface area contributed by atoms with Gasteiger partial charge in [0.05, 0.1) is 11.5 Å². The van der Waals surface area contributed by atoms with E-state index in [0.717, 1.165) is 31.2 Å². The normalized spacial score (nSPS) is 11.3. The first kappa shape index (κ1) is 17.7. The van der Waals surface area contributed by atoms with Crippen molar-refractivity contribution < 1.29 is 17.9 Å². The van der Waals surface area contributed by atoms with Gasteiger partial charge in [-0.15, -0.1) is 0 Å². The molecule has 118 valence electrons. The van der Waals surface area contributed by atoms with Gasteiger partial charge in [-0.1, -0.05) is 38.3 Å². The molecule has 0 aliphatic heterocycles. The number of aryl methyl sites for hydroxylation is 1. The van der Waals surface area contributed by atoms with E-state index in [1.54, 1.807) is 12.1 Å². The summed E-state index contributed by atoms with van der Waals surface area (Å²) in [7, 11) is -3.66. The van der Waals surface area contributed by atoms with Crippen molar-refractivity contribution in [2.45, 2.75) is 50.3 Å². The summed E-state index contributed by atoms with van der Waals surface area (Å²) in [5.41, 5.74) is 0.880. The Morgan fingerprint density at radius 1 is 1.14 bits per heavy atom. The third kappa shape index (κ3) is 7.24. The highest BCUT2D eigenvalue weighted by atomic mass is 32.2. The SMILES string of the molecule is CCCCCCOC(=O)CCc1ccc(S(N)(=O)=O)cc1. The van der Waals surface area contributed by atoms with E-state index in [0.29, 0.717) is 19.4 Å². The predicted molar refractivity (Wildman–Crippen MR) is 81.2 cm³/mol. The van der Waals surface area contributed by atoms with E-state index in [-0.39, 0.29) is 10.9 Å². The first-order valence-electron chi connectivity index (χ1n) is 7.21. The lowest BCUT2D eigenvalue weighted by Crippen LogP contribution is -2.12. The summed E-state index contributed by atoms with van der Waals surface area (Å²) >= 11 is 0. The zero-order chi connectivity index (χ0) is 15.7. The molecule has 0 amide bonds. The summed E-state index contributed by atoms with van der Waals surface area (Å²) in [5, 5.41) is 5.02. The van der Waals surface area contributed by atoms with Gasteiger partial charge in [-0.25, -0.2) is 13.6 Å². The van der Waals surface area contributed by atoms with E-state index in [1.165, 1.54) is 12.1 Å². The second-order valence-corrected chi connectivity index (χ2v) is 6.53. The summed E-state index contributed by atoms with van der Waals surface area (Å²) in [4.78, 5) is 11.6. The minimum Gasteiger partial charge on any atom is -0.466 e. The quantitative estimate of drug-likeness (QED) is 0.560. The van der Waals surface area contributed by atoms with Gasteiger partial charge in [0.25, 0.3) is 0 Å². The maximum atomic E-state index is 11.5. The fourth-order valence-corrected chi connectivity index (χ4v) is 2.39. The van der Waals surface area contributed by atoms with Crippen molar-refractivity contribution in [3.05, 3.63) is 29.8 Å². The van der Waals surface area contributed by atoms with Gasteiger partial charge >= 0.3 is 5.97 Å². The number of hydrogen-bond acceptors (Lipinski definition) is 4. The summed E-state index contributed by atoms with van der Waals surface area (Å²) in [5.74, 6) is -0.220. The fourth-order valence-electron chi connectivity index (χ4n) is 1.88. The molecule has 0 aromatic heterocycles. The van der Waals surface area contributed by atoms with E-state index in [4.69, 9.17) is 9.88 Å². The van der Waals surface area contributed by atoms with Crippen molar-refractivity contribution >= 4 is 16.0 Å². The minimum absolute atomic E-state index is 0.0738. The average Bonchev–Trinajstić information content (AvgIpc) is 2.44. The number of sulfonamides is 1. The van der Waals surface area contributed by atoms with E-state index >= 15 is 0 Å². The second-order valence-electron chi connectivity index (χ2n) is 4.97. The third-order valence-corrected chi connectivity index (χ3v) is 4.06. The van der Waals surface area contributed by atoms with Gasteiger partial charge in [0, 0.05) is 6.42 Å². The van der Waals surface area contributed by atoms with Crippen LogP contribution in [0.4, 0.5) is 0 Å². The minimum atomic E-state index is -3.66. The summed E-state index contributed by atoms with van der Waals surface area (Å²) in [6.45, 7) is 2.61. The molecule has 0 aliphatic carbocycles. The van der Waals surface area contributed by atoms with Gasteiger partial charge in [0.15, 0.2) is 0 Å². The van der Waals surface area contributed by atoms with E-state index in [2.05, 4.69) is 6.92 Å². The number of hydrogen-bond donors (Lipinski definition) is 1. The van der Waals surface area contributed by atoms with Gasteiger partial charge in [-0.3, -0.25) is 4.79 Å². The number of carbonyl (C=O) groups is 1. The van der Waals surface area contributed by atoms with Crippen molar-refractivity contribution in [1.29, 1.82) is 0 Å². The van der Waals surface area contributed by atoms with Crippen LogP contribution in [-0.2, 0) is 26.0 Å². The van der Waals surface area contributed by atoms with Gasteiger partial charge in [0.2, 0.25) is 10.0 Å². The van der Waals surface area contributed by atoms with Gasteiger partial charge in [0.1, 0.15) is 0 Å². The molecule has 0 radical (unpaired) electrons. The summed E-state index contributed by atoms with van der Waals surface area (Å²) in [6.07, 6.45) is 5.12. The van der Waals surface area contributed by atoms with Crippen LogP contribution in [0, 0.1) is 0 Å². The molecule has 0 atom stereocenters. The maximum absolute atomic E-state index is 11.5. The molecule has 0 unspecified atom stereocenters. The van der Waals surface area contributed by atoms with Crippen LogP contribution in [0.25, 0.3) is 0 Å². The predicted octanol–water partition coefficient (Wildman–Crippen LogP) is 2.39. The van der Waals surface area contributed by atoms with Crippen LogP contribution >= 0.6 is 0 Å². The Morgan fingerprint density at radius 2 is 1.81 bits per heavy atom. The number of benzene rings is 1. The van der Waals surface area contributed by atoms with Crippen molar-refractivity contribution in [3.63, 3.8) is 0 Å². The van der Waals surface area contributed by atoms with Crippen molar-refractivity contribution in [2.24, 2.45) is 5.14 Å². The molecular formula is C15H23NO4S. The molecule has 6 heteroatoms. The molecule has 21 heavy (non-hydrogen) atoms. The molecule has 0 fully saturated rings. The molecule has 0 spiro atoms. The Balaban J connectivity index is 2.30. The maximum Gasteiger partial charge on any atom is 0.306 e. The molecule has 5 nitrogen and oxygen atoms in total. The van der Waals surface area contributed by atoms with E-state index in [1.807, 2.05) is 0 Å². The lowest BCUT2D eigenvalue weighted by Gasteiger charge is -2.05. The van der Waals surface area contributed by atoms with Gasteiger partial charge < -0.3 is 4.74 Å². The summed E-state index contributed by atoms with van der Waals surface area (Å²) in [6, 6.07) is 6.21. The van der Waals surface area contributed by atoms with E-state index in [9.17, 15) is 13.2 Å². The number of esters is 1. The Labute approximate surface area is 126 Å². The molecule has 0 aliphatic rings. The fraction of sp³-hybridized carbons (Fsp3) is 0.533. The van der Waals surface area contributed by atoms with Crippen LogP contribution in [0.2, 0.25) is 0 Å². The standard InChI is InChI=1S/C15H23NO4S/c1-2-3-4-5-12-20-15(17)11-8-13-6-9-14(10-7-13)21(16,18)19/h6-7,9-10H,2-5,8,11-12H2,1H3,(H2,16,18,19). The number of carbonyl (C=O) groups excluding carboxylic acids is 1. The molecule has 0 saturated carbocycles. The first-order chi connectivity index (χ1) is 9.93. The number of ether oxygens (including phenoxy) is 1. The molecule has 0 heterocycles. The Bertz CT molecular complexity index is 537. The van der Waals surface area contributed by atoms with E-state index < -0.39 is 10.0 Å². The van der Waals surface area contributed by atoms with Crippen molar-refractivity contribution in [3.8, 4) is 0 Å². The number of unbranched alkanes of at least 4 members (excludes halogenated alkanes) is 3. The smallest absolute Gasteiger partial charge is 0.306 e. The lowest BCUT2D eigenvalue weighted by atomic mass is 10.1. The molecule has 2 N–H and O–H groups in total. The van der Waals surface area contributed by atoms with Crippen LogP contribution in [-0.4, -0.2) is 21.0 Å². The Morgan fingerprint density at radius 3 is 2.38 bits per heavy atom. The molecule has 1 aromatic carbocycles. The molecule has 1 aromatic rings. The molecule has 0 bridgehead atoms. The number of primary sulfonamides is 1. The highest BCUT2D eigenvalue weighted by molar-refractivity contribution is 7.89. The second kappa shape index (κ2) is 8.79. The molecular weight excluding hydrogens is 290 g/mol. The number of rotatable bonds is 9. The zero-order valence-electron chi connectivity index (χ0n) is 12.4. The van der Waals surface area contributed by atoms with Crippen LogP contribution in [0.15, 0.2) is 29.2 Å². The van der Waals surface area contributed by atoms with Crippen LogP contribution in [0.1, 0.15) is 44.6 Å². The zero-order valence-corrected chi connectivity index (χ0v) is 13.2. The molecule has 0 saturated heterocycles. The highest BCUT2D eigenvalue weighted by Crippen LogP contribution is 2.10. The first-order valence-corrected chi connectivity index (χ1v) is 8.75. The van der Waals surface area contributed by atoms with Crippen LogP contribution in [0.3, 0.4) is 0 Å². The average molecular weight is 313 g/mol. The Hall–Kier alpha value is -1.40. The van der Waals surface area contributed by atoms with Gasteiger partial charge in [-0.2, -0.15) is 0 Å². The summed E-state index contributed by atoms with van der Waals surface area (Å²) < 4.78 is 27.3. The topological polar surface area (TPSA) is 86.5 Å². The van der Waals surface area contributed by atoms with Crippen LogP contribution in [0.5, 0.6) is 0 Å². The monoisotopic (exact) mass is 313 g/mol. The largest absolute Gasteiger partial charge is 0.466 e. The van der Waals surface area contributed by atoms with Crippen LogP contribution < -0.4 is 5.14 Å². The van der Waals surface area contributed by atoms with Gasteiger partial charge in [-0.05, 0) is 30.5 Å². The van der Waals surface area contributed by atoms with Crippen molar-refractivity contribution in [2.75, 3.05) is 6.61 Å². The Kier molecular flexibility index (Phi) is 7.39. The molecule has 1 rings (SSSR count). The third-order valence-electron chi connectivity index (χ3n) is 3.13. The van der Waals surface area contributed by atoms with Crippen molar-refractivity contribution in [1.82, 2.24) is 0 Å².